The summed E-state index contributed by atoms with van der Waals surface area (Å²) >= 11 is 0. The van der Waals surface area contributed by atoms with Crippen molar-refractivity contribution in [1.29, 1.82) is 0 Å². The Morgan fingerprint density at radius 1 is 1.36 bits per heavy atom. The number of carbonyl (C=O) groups is 1. The Bertz CT molecular complexity index is 647. The highest BCUT2D eigenvalue weighted by atomic mass is 16.3. The lowest BCUT2D eigenvalue weighted by atomic mass is 9.93. The molecule has 118 valence electrons. The van der Waals surface area contributed by atoms with Crippen LogP contribution in [0.1, 0.15) is 26.2 Å². The number of para-hydroxylation sites is 1. The fourth-order valence-electron chi connectivity index (χ4n) is 3.34. The Morgan fingerprint density at radius 2 is 2.18 bits per heavy atom. The van der Waals surface area contributed by atoms with Crippen LogP contribution in [0.4, 0.5) is 0 Å². The van der Waals surface area contributed by atoms with Crippen molar-refractivity contribution in [3.8, 4) is 0 Å². The minimum Gasteiger partial charge on any atom is -0.393 e. The molecule has 4 nitrogen and oxygen atoms in total. The van der Waals surface area contributed by atoms with E-state index in [1.54, 1.807) is 0 Å². The number of fused-ring (bicyclic) bond motifs is 1. The summed E-state index contributed by atoms with van der Waals surface area (Å²) < 4.78 is 2.14. The molecule has 1 N–H and O–H groups in total. The number of aliphatic hydroxyl groups is 1. The Morgan fingerprint density at radius 3 is 3.00 bits per heavy atom. The third-order valence-corrected chi connectivity index (χ3v) is 4.74. The fourth-order valence-corrected chi connectivity index (χ4v) is 3.34. The number of aryl methyl sites for hydroxylation is 1. The molecule has 1 saturated heterocycles. The second-order valence-electron chi connectivity index (χ2n) is 6.30. The zero-order chi connectivity index (χ0) is 15.5. The molecule has 2 unspecified atom stereocenters. The first-order chi connectivity index (χ1) is 10.6. The average Bonchev–Trinajstić information content (AvgIpc) is 2.96. The van der Waals surface area contributed by atoms with Gasteiger partial charge in [0.05, 0.1) is 6.10 Å². The summed E-state index contributed by atoms with van der Waals surface area (Å²) in [5.74, 6) is 0.424. The monoisotopic (exact) mass is 300 g/mol. The molecule has 1 aromatic carbocycles. The van der Waals surface area contributed by atoms with Crippen LogP contribution in [0.15, 0.2) is 36.5 Å². The molecule has 2 aromatic rings. The first-order valence-electron chi connectivity index (χ1n) is 8.15. The molecule has 3 rings (SSSR count). The van der Waals surface area contributed by atoms with Crippen molar-refractivity contribution in [3.05, 3.63) is 36.5 Å². The van der Waals surface area contributed by atoms with Crippen LogP contribution in [0.5, 0.6) is 0 Å². The van der Waals surface area contributed by atoms with Crippen molar-refractivity contribution in [3.63, 3.8) is 0 Å². The smallest absolute Gasteiger partial charge is 0.224 e. The number of amides is 1. The molecular weight excluding hydrogens is 276 g/mol. The molecule has 22 heavy (non-hydrogen) atoms. The third kappa shape index (κ3) is 3.17. The van der Waals surface area contributed by atoms with E-state index in [2.05, 4.69) is 22.8 Å². The number of carbonyl (C=O) groups excluding carboxylic acids is 1. The molecule has 1 aliphatic rings. The lowest BCUT2D eigenvalue weighted by molar-refractivity contribution is -0.134. The molecule has 0 spiro atoms. The maximum Gasteiger partial charge on any atom is 0.224 e. The number of likely N-dealkylation sites (tertiary alicyclic amines) is 1. The SMILES string of the molecule is CC(O)C1CCCN(C(=O)CCn2ccc3ccccc32)C1. The molecule has 2 heterocycles. The third-order valence-electron chi connectivity index (χ3n) is 4.74. The Kier molecular flexibility index (Phi) is 4.48. The highest BCUT2D eigenvalue weighted by Crippen LogP contribution is 2.21. The van der Waals surface area contributed by atoms with E-state index in [-0.39, 0.29) is 17.9 Å². The minimum absolute atomic E-state index is 0.197. The number of aromatic nitrogens is 1. The predicted molar refractivity (Wildman–Crippen MR) is 87.5 cm³/mol. The van der Waals surface area contributed by atoms with Gasteiger partial charge in [-0.1, -0.05) is 18.2 Å². The van der Waals surface area contributed by atoms with Crippen molar-refractivity contribution in [2.75, 3.05) is 13.1 Å². The highest BCUT2D eigenvalue weighted by Gasteiger charge is 2.26. The van der Waals surface area contributed by atoms with Crippen molar-refractivity contribution in [1.82, 2.24) is 9.47 Å². The lowest BCUT2D eigenvalue weighted by Gasteiger charge is -2.34. The zero-order valence-electron chi connectivity index (χ0n) is 13.1. The topological polar surface area (TPSA) is 45.5 Å². The summed E-state index contributed by atoms with van der Waals surface area (Å²) in [5, 5.41) is 10.9. The van der Waals surface area contributed by atoms with Gasteiger partial charge in [0.15, 0.2) is 0 Å². The Balaban J connectivity index is 1.60. The Hall–Kier alpha value is -1.81. The van der Waals surface area contributed by atoms with E-state index in [9.17, 15) is 9.90 Å². The number of benzene rings is 1. The van der Waals surface area contributed by atoms with E-state index in [0.29, 0.717) is 19.5 Å². The van der Waals surface area contributed by atoms with Gasteiger partial charge in [0.1, 0.15) is 0 Å². The van der Waals surface area contributed by atoms with Gasteiger partial charge >= 0.3 is 0 Å². The zero-order valence-corrected chi connectivity index (χ0v) is 13.1. The van der Waals surface area contributed by atoms with E-state index in [4.69, 9.17) is 0 Å². The predicted octanol–water partition coefficient (Wildman–Crippen LogP) is 2.65. The molecule has 2 atom stereocenters. The lowest BCUT2D eigenvalue weighted by Crippen LogP contribution is -2.43. The maximum absolute atomic E-state index is 12.4. The molecule has 1 amide bonds. The van der Waals surface area contributed by atoms with Gasteiger partial charge in [0.2, 0.25) is 5.91 Å². The standard InChI is InChI=1S/C18H24N2O2/c1-14(21)16-6-4-10-20(13-16)18(22)9-12-19-11-8-15-5-2-3-7-17(15)19/h2-3,5,7-8,11,14,16,21H,4,6,9-10,12-13H2,1H3. The Labute approximate surface area is 131 Å². The molecule has 0 bridgehead atoms. The van der Waals surface area contributed by atoms with Crippen LogP contribution >= 0.6 is 0 Å². The van der Waals surface area contributed by atoms with Crippen LogP contribution in [-0.2, 0) is 11.3 Å². The van der Waals surface area contributed by atoms with Crippen molar-refractivity contribution >= 4 is 16.8 Å². The summed E-state index contributed by atoms with van der Waals surface area (Å²) in [6, 6.07) is 10.3. The normalized spacial score (nSPS) is 20.3. The van der Waals surface area contributed by atoms with Crippen molar-refractivity contribution in [2.24, 2.45) is 5.92 Å². The van der Waals surface area contributed by atoms with Gasteiger partial charge < -0.3 is 14.6 Å². The molecule has 0 aliphatic carbocycles. The quantitative estimate of drug-likeness (QED) is 0.943. The van der Waals surface area contributed by atoms with Crippen LogP contribution < -0.4 is 0 Å². The van der Waals surface area contributed by atoms with Crippen LogP contribution in [0.2, 0.25) is 0 Å². The number of hydrogen-bond acceptors (Lipinski definition) is 2. The summed E-state index contributed by atoms with van der Waals surface area (Å²) in [4.78, 5) is 14.4. The van der Waals surface area contributed by atoms with Gasteiger partial charge in [-0.05, 0) is 37.3 Å². The summed E-state index contributed by atoms with van der Waals surface area (Å²) in [6.45, 7) is 4.06. The molecule has 1 aliphatic heterocycles. The van der Waals surface area contributed by atoms with Gasteiger partial charge in [0.25, 0.3) is 0 Å². The van der Waals surface area contributed by atoms with Gasteiger partial charge in [0, 0.05) is 43.7 Å². The van der Waals surface area contributed by atoms with E-state index in [0.717, 1.165) is 19.4 Å². The average molecular weight is 300 g/mol. The van der Waals surface area contributed by atoms with Gasteiger partial charge in [-0.25, -0.2) is 0 Å². The summed E-state index contributed by atoms with van der Waals surface area (Å²) in [7, 11) is 0. The number of rotatable bonds is 4. The summed E-state index contributed by atoms with van der Waals surface area (Å²) in [5.41, 5.74) is 1.18. The highest BCUT2D eigenvalue weighted by molar-refractivity contribution is 5.80. The van der Waals surface area contributed by atoms with Crippen molar-refractivity contribution in [2.45, 2.75) is 38.8 Å². The molecule has 4 heteroatoms. The van der Waals surface area contributed by atoms with E-state index in [1.807, 2.05) is 30.2 Å². The van der Waals surface area contributed by atoms with Gasteiger partial charge in [-0.15, -0.1) is 0 Å². The molecule has 0 saturated carbocycles. The number of hydrogen-bond donors (Lipinski definition) is 1. The summed E-state index contributed by atoms with van der Waals surface area (Å²) in [6.07, 6.45) is 4.25. The van der Waals surface area contributed by atoms with Gasteiger partial charge in [-0.3, -0.25) is 4.79 Å². The second-order valence-corrected chi connectivity index (χ2v) is 6.30. The van der Waals surface area contributed by atoms with E-state index >= 15 is 0 Å². The molecular formula is C18H24N2O2. The number of aliphatic hydroxyl groups excluding tert-OH is 1. The van der Waals surface area contributed by atoms with Crippen LogP contribution in [0.3, 0.4) is 0 Å². The fraction of sp³-hybridized carbons (Fsp3) is 0.500. The molecule has 1 fully saturated rings. The minimum atomic E-state index is -0.330. The van der Waals surface area contributed by atoms with E-state index < -0.39 is 0 Å². The first-order valence-corrected chi connectivity index (χ1v) is 8.15. The van der Waals surface area contributed by atoms with Crippen LogP contribution in [0, 0.1) is 5.92 Å². The van der Waals surface area contributed by atoms with Crippen LogP contribution in [0.25, 0.3) is 10.9 Å². The largest absolute Gasteiger partial charge is 0.393 e. The maximum atomic E-state index is 12.4. The first kappa shape index (κ1) is 15.1. The number of nitrogens with zero attached hydrogens (tertiary/aromatic N) is 2. The van der Waals surface area contributed by atoms with Crippen LogP contribution in [-0.4, -0.2) is 39.7 Å². The second kappa shape index (κ2) is 6.53. The van der Waals surface area contributed by atoms with E-state index in [1.165, 1.54) is 10.9 Å². The molecule has 0 radical (unpaired) electrons. The molecule has 1 aromatic heterocycles. The van der Waals surface area contributed by atoms with Gasteiger partial charge in [-0.2, -0.15) is 0 Å². The number of piperidine rings is 1. The van der Waals surface area contributed by atoms with Crippen molar-refractivity contribution < 1.29 is 9.90 Å².